The van der Waals surface area contributed by atoms with Gasteiger partial charge in [-0.25, -0.2) is 0 Å². The van der Waals surface area contributed by atoms with Gasteiger partial charge in [-0.1, -0.05) is 6.07 Å². The third-order valence-corrected chi connectivity index (χ3v) is 13.6. The van der Waals surface area contributed by atoms with E-state index in [-0.39, 0.29) is 0 Å². The lowest BCUT2D eigenvalue weighted by Gasteiger charge is -2.19. The molecule has 11 heteroatoms. The highest BCUT2D eigenvalue weighted by atomic mass is 16.5. The van der Waals surface area contributed by atoms with Gasteiger partial charge in [0.1, 0.15) is 5.75 Å². The zero-order valence-electron chi connectivity index (χ0n) is 40.0. The summed E-state index contributed by atoms with van der Waals surface area (Å²) in [6, 6.07) is 25.8. The molecule has 12 heterocycles. The lowest BCUT2D eigenvalue weighted by Crippen LogP contribution is -2.09. The molecule has 0 amide bonds. The molecule has 0 saturated carbocycles. The second-order valence-corrected chi connectivity index (χ2v) is 18.0. The second kappa shape index (κ2) is 19.8. The van der Waals surface area contributed by atoms with Gasteiger partial charge in [0.15, 0.2) is 57.5 Å². The molecule has 20 rings (SSSR count). The fourth-order valence-electron chi connectivity index (χ4n) is 10.0. The van der Waals surface area contributed by atoms with Gasteiger partial charge in [0, 0.05) is 19.3 Å². The molecule has 0 fully saturated rings. The van der Waals surface area contributed by atoms with Crippen molar-refractivity contribution in [2.45, 2.75) is 64.7 Å². The topological polar surface area (TPSA) is 102 Å². The van der Waals surface area contributed by atoms with Crippen molar-refractivity contribution < 1.29 is 52.1 Å². The van der Waals surface area contributed by atoms with E-state index in [1.165, 1.54) is 11.1 Å². The van der Waals surface area contributed by atoms with Gasteiger partial charge in [0.05, 0.1) is 75.2 Å². The third kappa shape index (κ3) is 9.23. The number of ether oxygens (including phenoxy) is 11. The van der Waals surface area contributed by atoms with Crippen molar-refractivity contribution in [3.8, 4) is 63.2 Å². The zero-order chi connectivity index (χ0) is 46.7. The van der Waals surface area contributed by atoms with Crippen LogP contribution in [0.15, 0.2) is 72.8 Å². The molecule has 18 bridgehead atoms. The minimum atomic E-state index is 0.412. The summed E-state index contributed by atoms with van der Waals surface area (Å²) in [5.74, 6) is 7.68. The Balaban J connectivity index is 1.15. The van der Waals surface area contributed by atoms with Gasteiger partial charge in [-0.05, 0) is 185 Å². The molecular formula is C57H60O11. The van der Waals surface area contributed by atoms with E-state index in [9.17, 15) is 0 Å². The molecule has 0 aromatic heterocycles. The van der Waals surface area contributed by atoms with Crippen LogP contribution in [0.1, 0.15) is 91.6 Å². The highest BCUT2D eigenvalue weighted by molar-refractivity contribution is 5.60. The van der Waals surface area contributed by atoms with E-state index in [2.05, 4.69) is 79.7 Å². The van der Waals surface area contributed by atoms with Crippen LogP contribution >= 0.6 is 0 Å². The van der Waals surface area contributed by atoms with Crippen LogP contribution in [-0.2, 0) is 38.5 Å². The summed E-state index contributed by atoms with van der Waals surface area (Å²) >= 11 is 0. The van der Waals surface area contributed by atoms with Crippen molar-refractivity contribution >= 4 is 0 Å². The number of rotatable bonds is 5. The molecule has 11 nitrogen and oxygen atoms in total. The van der Waals surface area contributed by atoms with E-state index in [1.54, 1.807) is 35.5 Å². The van der Waals surface area contributed by atoms with Gasteiger partial charge in [-0.3, -0.25) is 0 Å². The molecule has 14 aliphatic rings. The monoisotopic (exact) mass is 920 g/mol. The Kier molecular flexibility index (Phi) is 13.1. The Bertz CT molecular complexity index is 2840. The average Bonchev–Trinajstić information content (AvgIpc) is 3.44. The first kappa shape index (κ1) is 44.9. The molecule has 0 unspecified atom stereocenters. The van der Waals surface area contributed by atoms with E-state index < -0.39 is 0 Å². The lowest BCUT2D eigenvalue weighted by molar-refractivity contribution is 0.234. The molecule has 0 atom stereocenters. The van der Waals surface area contributed by atoms with E-state index in [0.717, 1.165) is 66.9 Å². The summed E-state index contributed by atoms with van der Waals surface area (Å²) in [4.78, 5) is 0. The van der Waals surface area contributed by atoms with Crippen molar-refractivity contribution in [1.82, 2.24) is 0 Å². The largest absolute Gasteiger partial charge is 0.493 e. The van der Waals surface area contributed by atoms with E-state index in [4.69, 9.17) is 52.1 Å². The number of hydrogen-bond acceptors (Lipinski definition) is 11. The van der Waals surface area contributed by atoms with Crippen LogP contribution < -0.4 is 52.1 Å². The Morgan fingerprint density at radius 2 is 0.456 bits per heavy atom. The van der Waals surface area contributed by atoms with Gasteiger partial charge in [0.2, 0.25) is 0 Å². The van der Waals surface area contributed by atoms with Crippen molar-refractivity contribution in [3.05, 3.63) is 145 Å². The Hall–Kier alpha value is -6.88. The highest BCUT2D eigenvalue weighted by Crippen LogP contribution is 2.43. The molecular weight excluding hydrogens is 861 g/mol. The predicted molar refractivity (Wildman–Crippen MR) is 260 cm³/mol. The van der Waals surface area contributed by atoms with Gasteiger partial charge < -0.3 is 52.1 Å². The minimum Gasteiger partial charge on any atom is -0.493 e. The van der Waals surface area contributed by atoms with Crippen molar-refractivity contribution in [2.75, 3.05) is 75.2 Å². The summed E-state index contributed by atoms with van der Waals surface area (Å²) < 4.78 is 69.6. The van der Waals surface area contributed by atoms with E-state index in [0.29, 0.717) is 155 Å². The molecule has 6 aromatic carbocycles. The van der Waals surface area contributed by atoms with Gasteiger partial charge in [0.25, 0.3) is 0 Å². The summed E-state index contributed by atoms with van der Waals surface area (Å²) in [7, 11) is 8.48. The summed E-state index contributed by atoms with van der Waals surface area (Å²) in [6.45, 7) is 4.70. The Labute approximate surface area is 399 Å². The molecule has 354 valence electrons. The lowest BCUT2D eigenvalue weighted by atomic mass is 9.93. The number of hydrogen-bond donors (Lipinski definition) is 0. The van der Waals surface area contributed by atoms with Crippen LogP contribution in [0.5, 0.6) is 63.2 Å². The van der Waals surface area contributed by atoms with Crippen LogP contribution in [0, 0.1) is 6.92 Å². The standard InChI is InChI=1S/C57H60O11/c1-34-16-35-17-42-29-53-49(59-3)25-38(42)19-43-30-55-48(58-2)24-37(43)18-36(35)23-47(34)63-10-7-11-64-54-31-44-20-40-27-51(61-5)56(67-13-8-12-65-53)33-46(40)22-41-28-52(62-6)57(68-15-9-14-66-55)32-45(41)21-39(44)26-50(54)60-4/h16,23-33H,7-15,17-22H2,1-6H3. The van der Waals surface area contributed by atoms with Gasteiger partial charge >= 0.3 is 0 Å². The second-order valence-electron chi connectivity index (χ2n) is 18.0. The first-order chi connectivity index (χ1) is 33.3. The van der Waals surface area contributed by atoms with Crippen LogP contribution in [0.3, 0.4) is 0 Å². The third-order valence-electron chi connectivity index (χ3n) is 13.6. The number of aryl methyl sites for hydroxylation is 1. The maximum atomic E-state index is 6.60. The quantitative estimate of drug-likeness (QED) is 0.165. The summed E-state index contributed by atoms with van der Waals surface area (Å²) in [5.41, 5.74) is 14.8. The van der Waals surface area contributed by atoms with Crippen molar-refractivity contribution in [1.29, 1.82) is 0 Å². The summed E-state index contributed by atoms with van der Waals surface area (Å²) in [6.07, 6.45) is 5.87. The van der Waals surface area contributed by atoms with Crippen LogP contribution in [0.2, 0.25) is 0 Å². The Morgan fingerprint density at radius 3 is 0.691 bits per heavy atom. The minimum absolute atomic E-state index is 0.412. The van der Waals surface area contributed by atoms with E-state index in [1.807, 2.05) is 0 Å². The SMILES string of the molecule is COc1cc2c3cc1OCCCOc1cc4c(cc1C)Cc1cc5c(OC)cc1Cc1cc(c(OC)cc1C4)OCCCOc1cc(c(cc1OC)Cc1cc(c(OC)cc1C3)OCCCO5)C2. The highest BCUT2D eigenvalue weighted by Gasteiger charge is 2.25. The van der Waals surface area contributed by atoms with Crippen molar-refractivity contribution in [3.63, 3.8) is 0 Å². The molecule has 0 saturated heterocycles. The zero-order valence-corrected chi connectivity index (χ0v) is 40.0. The van der Waals surface area contributed by atoms with Crippen molar-refractivity contribution in [2.24, 2.45) is 0 Å². The molecule has 2 aliphatic carbocycles. The van der Waals surface area contributed by atoms with Crippen LogP contribution in [0.4, 0.5) is 0 Å². The molecule has 0 spiro atoms. The molecule has 6 aromatic rings. The normalized spacial score (nSPS) is 15.3. The Morgan fingerprint density at radius 1 is 0.265 bits per heavy atom. The first-order valence-corrected chi connectivity index (χ1v) is 23.7. The van der Waals surface area contributed by atoms with Gasteiger partial charge in [-0.15, -0.1) is 0 Å². The summed E-state index contributed by atoms with van der Waals surface area (Å²) in [5, 5.41) is 0. The van der Waals surface area contributed by atoms with Crippen LogP contribution in [-0.4, -0.2) is 75.2 Å². The predicted octanol–water partition coefficient (Wildman–Crippen LogP) is 10.4. The molecule has 0 N–H and O–H groups in total. The van der Waals surface area contributed by atoms with Gasteiger partial charge in [-0.2, -0.15) is 0 Å². The molecule has 0 radical (unpaired) electrons. The molecule has 12 aliphatic heterocycles. The first-order valence-electron chi connectivity index (χ1n) is 23.7. The fraction of sp³-hybridized carbons (Fsp3) is 0.368. The molecule has 68 heavy (non-hydrogen) atoms. The maximum absolute atomic E-state index is 6.60. The number of methoxy groups -OCH3 is 5. The fourth-order valence-corrected chi connectivity index (χ4v) is 10.0. The van der Waals surface area contributed by atoms with Crippen LogP contribution in [0.25, 0.3) is 0 Å². The van der Waals surface area contributed by atoms with E-state index >= 15 is 0 Å². The smallest absolute Gasteiger partial charge is 0.161 e. The number of benzene rings is 6. The average molecular weight is 921 g/mol. The maximum Gasteiger partial charge on any atom is 0.161 e.